The van der Waals surface area contributed by atoms with Gasteiger partial charge in [-0.05, 0) is 50.6 Å². The summed E-state index contributed by atoms with van der Waals surface area (Å²) >= 11 is 0. The monoisotopic (exact) mass is 404 g/mol. The highest BCUT2D eigenvalue weighted by Crippen LogP contribution is 2.14. The summed E-state index contributed by atoms with van der Waals surface area (Å²) in [5.41, 5.74) is 1.70. The highest BCUT2D eigenvalue weighted by Gasteiger charge is 2.21. The fraction of sp³-hybridized carbons (Fsp3) is 0.300. The van der Waals surface area contributed by atoms with Crippen LogP contribution in [0.5, 0.6) is 0 Å². The van der Waals surface area contributed by atoms with Crippen LogP contribution in [0, 0.1) is 6.92 Å². The molecule has 0 bridgehead atoms. The number of hydrogen-bond acceptors (Lipinski definition) is 5. The number of carbonyl (C=O) groups excluding carboxylic acids is 2. The number of sulfonamides is 1. The van der Waals surface area contributed by atoms with E-state index < -0.39 is 28.0 Å². The van der Waals surface area contributed by atoms with Crippen LogP contribution in [-0.2, 0) is 19.6 Å². The first-order chi connectivity index (χ1) is 13.2. The van der Waals surface area contributed by atoms with E-state index in [0.717, 1.165) is 5.56 Å². The zero-order chi connectivity index (χ0) is 20.7. The van der Waals surface area contributed by atoms with Crippen molar-refractivity contribution in [1.82, 2.24) is 4.72 Å². The number of rotatable bonds is 8. The molecule has 1 atom stereocenters. The van der Waals surface area contributed by atoms with Gasteiger partial charge in [-0.1, -0.05) is 30.7 Å². The van der Waals surface area contributed by atoms with Crippen LogP contribution in [0.3, 0.4) is 0 Å². The number of esters is 1. The summed E-state index contributed by atoms with van der Waals surface area (Å²) in [4.78, 5) is 24.5. The molecule has 0 aromatic heterocycles. The minimum Gasteiger partial charge on any atom is -0.449 e. The Bertz CT molecular complexity index is 939. The highest BCUT2D eigenvalue weighted by atomic mass is 32.2. The van der Waals surface area contributed by atoms with Crippen molar-refractivity contribution < 1.29 is 22.7 Å². The van der Waals surface area contributed by atoms with Gasteiger partial charge in [0.2, 0.25) is 10.0 Å². The van der Waals surface area contributed by atoms with Gasteiger partial charge in [-0.3, -0.25) is 4.79 Å². The topological polar surface area (TPSA) is 102 Å². The van der Waals surface area contributed by atoms with Crippen molar-refractivity contribution in [2.24, 2.45) is 0 Å². The Morgan fingerprint density at radius 3 is 2.43 bits per heavy atom. The van der Waals surface area contributed by atoms with Crippen LogP contribution < -0.4 is 10.0 Å². The first kappa shape index (κ1) is 21.6. The summed E-state index contributed by atoms with van der Waals surface area (Å²) in [6.45, 7) is 5.53. The number of amides is 1. The Kier molecular flexibility index (Phi) is 7.31. The predicted molar refractivity (Wildman–Crippen MR) is 107 cm³/mol. The molecule has 0 unspecified atom stereocenters. The number of benzene rings is 2. The van der Waals surface area contributed by atoms with Gasteiger partial charge in [0.25, 0.3) is 5.91 Å². The van der Waals surface area contributed by atoms with E-state index in [4.69, 9.17) is 4.74 Å². The van der Waals surface area contributed by atoms with Crippen LogP contribution in [0.1, 0.15) is 36.2 Å². The van der Waals surface area contributed by atoms with Crippen molar-refractivity contribution in [2.75, 3.05) is 11.9 Å². The van der Waals surface area contributed by atoms with Crippen molar-refractivity contribution >= 4 is 27.6 Å². The number of aryl methyl sites for hydroxylation is 1. The van der Waals surface area contributed by atoms with Crippen LogP contribution in [0.4, 0.5) is 5.69 Å². The standard InChI is InChI=1S/C20H24N2O5S/c1-4-12-21-28(25,26)18-7-5-6-16(13-18)20(24)27-15(3)19(23)22-17-10-8-14(2)9-11-17/h5-11,13,15,21H,4,12H2,1-3H3,(H,22,23)/t15-/m0/s1. The highest BCUT2D eigenvalue weighted by molar-refractivity contribution is 7.89. The molecule has 2 aromatic rings. The largest absolute Gasteiger partial charge is 0.449 e. The maximum atomic E-state index is 12.3. The molecule has 28 heavy (non-hydrogen) atoms. The summed E-state index contributed by atoms with van der Waals surface area (Å²) in [5, 5.41) is 2.66. The van der Waals surface area contributed by atoms with Gasteiger partial charge in [0, 0.05) is 12.2 Å². The second-order valence-electron chi connectivity index (χ2n) is 6.33. The van der Waals surface area contributed by atoms with Gasteiger partial charge in [-0.15, -0.1) is 0 Å². The molecule has 0 aliphatic rings. The third-order valence-electron chi connectivity index (χ3n) is 3.89. The number of anilines is 1. The molecule has 0 aliphatic carbocycles. The maximum absolute atomic E-state index is 12.3. The fourth-order valence-electron chi connectivity index (χ4n) is 2.27. The minimum absolute atomic E-state index is 0.0350. The molecule has 8 heteroatoms. The molecule has 2 N–H and O–H groups in total. The van der Waals surface area contributed by atoms with E-state index in [1.807, 2.05) is 26.0 Å². The van der Waals surface area contributed by atoms with Crippen LogP contribution in [0.25, 0.3) is 0 Å². The second kappa shape index (κ2) is 9.48. The lowest BCUT2D eigenvalue weighted by atomic mass is 10.2. The molecule has 1 amide bonds. The summed E-state index contributed by atoms with van der Waals surface area (Å²) < 4.78 is 32.0. The van der Waals surface area contributed by atoms with E-state index in [1.165, 1.54) is 31.2 Å². The summed E-state index contributed by atoms with van der Waals surface area (Å²) in [5.74, 6) is -1.26. The fourth-order valence-corrected chi connectivity index (χ4v) is 3.45. The quantitative estimate of drug-likeness (QED) is 0.659. The molecule has 0 fully saturated rings. The third-order valence-corrected chi connectivity index (χ3v) is 5.35. The molecule has 7 nitrogen and oxygen atoms in total. The molecular formula is C20H24N2O5S. The smallest absolute Gasteiger partial charge is 0.338 e. The molecule has 2 rings (SSSR count). The number of hydrogen-bond donors (Lipinski definition) is 2. The molecule has 0 aliphatic heterocycles. The normalized spacial score (nSPS) is 12.2. The molecule has 0 heterocycles. The van der Waals surface area contributed by atoms with Crippen molar-refractivity contribution in [3.8, 4) is 0 Å². The van der Waals surface area contributed by atoms with Crippen molar-refractivity contribution in [2.45, 2.75) is 38.2 Å². The van der Waals surface area contributed by atoms with Crippen molar-refractivity contribution in [1.29, 1.82) is 0 Å². The summed E-state index contributed by atoms with van der Waals surface area (Å²) in [6.07, 6.45) is -0.401. The Labute approximate surface area is 165 Å². The maximum Gasteiger partial charge on any atom is 0.338 e. The van der Waals surface area contributed by atoms with Crippen LogP contribution >= 0.6 is 0 Å². The van der Waals surface area contributed by atoms with Crippen molar-refractivity contribution in [3.05, 3.63) is 59.7 Å². The van der Waals surface area contributed by atoms with Gasteiger partial charge in [0.1, 0.15) is 0 Å². The molecular weight excluding hydrogens is 380 g/mol. The minimum atomic E-state index is -3.70. The zero-order valence-electron chi connectivity index (χ0n) is 16.1. The second-order valence-corrected chi connectivity index (χ2v) is 8.10. The van der Waals surface area contributed by atoms with Gasteiger partial charge in [0.05, 0.1) is 10.5 Å². The lowest BCUT2D eigenvalue weighted by Gasteiger charge is -2.14. The third kappa shape index (κ3) is 5.90. The van der Waals surface area contributed by atoms with E-state index in [2.05, 4.69) is 10.0 Å². The average Bonchev–Trinajstić information content (AvgIpc) is 2.68. The van der Waals surface area contributed by atoms with Gasteiger partial charge in [0.15, 0.2) is 6.10 Å². The van der Waals surface area contributed by atoms with Gasteiger partial charge in [-0.25, -0.2) is 17.9 Å². The average molecular weight is 404 g/mol. The first-order valence-electron chi connectivity index (χ1n) is 8.91. The molecule has 0 saturated carbocycles. The molecule has 2 aromatic carbocycles. The van der Waals surface area contributed by atoms with E-state index in [1.54, 1.807) is 12.1 Å². The van der Waals surface area contributed by atoms with Gasteiger partial charge >= 0.3 is 5.97 Å². The Morgan fingerprint density at radius 1 is 1.11 bits per heavy atom. The number of ether oxygens (including phenoxy) is 1. The van der Waals surface area contributed by atoms with E-state index in [9.17, 15) is 18.0 Å². The Morgan fingerprint density at radius 2 is 1.79 bits per heavy atom. The van der Waals surface area contributed by atoms with E-state index in [-0.39, 0.29) is 10.5 Å². The first-order valence-corrected chi connectivity index (χ1v) is 10.4. The summed E-state index contributed by atoms with van der Waals surface area (Å²) in [7, 11) is -3.70. The molecule has 0 spiro atoms. The lowest BCUT2D eigenvalue weighted by molar-refractivity contribution is -0.123. The predicted octanol–water partition coefficient (Wildman–Crippen LogP) is 2.87. The van der Waals surface area contributed by atoms with Crippen molar-refractivity contribution in [3.63, 3.8) is 0 Å². The van der Waals surface area contributed by atoms with E-state index >= 15 is 0 Å². The summed E-state index contributed by atoms with van der Waals surface area (Å²) in [6, 6.07) is 12.7. The Hall–Kier alpha value is -2.71. The van der Waals surface area contributed by atoms with Crippen LogP contribution in [0.2, 0.25) is 0 Å². The SMILES string of the molecule is CCCNS(=O)(=O)c1cccc(C(=O)O[C@@H](C)C(=O)Nc2ccc(C)cc2)c1. The van der Waals surface area contributed by atoms with E-state index in [0.29, 0.717) is 18.7 Å². The number of nitrogens with one attached hydrogen (secondary N) is 2. The van der Waals surface area contributed by atoms with Crippen LogP contribution in [-0.4, -0.2) is 32.9 Å². The molecule has 0 saturated heterocycles. The van der Waals surface area contributed by atoms with Crippen LogP contribution in [0.15, 0.2) is 53.4 Å². The molecule has 150 valence electrons. The van der Waals surface area contributed by atoms with Gasteiger partial charge < -0.3 is 10.1 Å². The lowest BCUT2D eigenvalue weighted by Crippen LogP contribution is -2.30. The Balaban J connectivity index is 2.04. The number of carbonyl (C=O) groups is 2. The van der Waals surface area contributed by atoms with Gasteiger partial charge in [-0.2, -0.15) is 0 Å². The zero-order valence-corrected chi connectivity index (χ0v) is 16.9. The molecule has 0 radical (unpaired) electrons.